The number of hydrogen-bond donors (Lipinski definition) is 0. The largest absolute Gasteiger partial charge is 0.614 e. The van der Waals surface area contributed by atoms with Crippen LogP contribution < -0.4 is 0 Å². The molecule has 0 spiro atoms. The van der Waals surface area contributed by atoms with Crippen molar-refractivity contribution in [1.29, 1.82) is 0 Å². The van der Waals surface area contributed by atoms with Gasteiger partial charge < -0.3 is 14.0 Å². The van der Waals surface area contributed by atoms with Crippen molar-refractivity contribution in [2.45, 2.75) is 11.5 Å². The van der Waals surface area contributed by atoms with Crippen molar-refractivity contribution < 1.29 is 14.0 Å². The van der Waals surface area contributed by atoms with Crippen LogP contribution in [-0.4, -0.2) is 40.1 Å². The van der Waals surface area contributed by atoms with E-state index in [2.05, 4.69) is 0 Å². The van der Waals surface area contributed by atoms with E-state index in [1.165, 1.54) is 0 Å². The summed E-state index contributed by atoms with van der Waals surface area (Å²) in [5, 5.41) is 0. The average Bonchev–Trinajstić information content (AvgIpc) is 2.55. The average molecular weight is 194 g/mol. The third kappa shape index (κ3) is 1.84. The van der Waals surface area contributed by atoms with Crippen LogP contribution in [0, 0.1) is 0 Å². The van der Waals surface area contributed by atoms with Crippen molar-refractivity contribution in [3.05, 3.63) is 0 Å². The van der Waals surface area contributed by atoms with Crippen molar-refractivity contribution >= 4 is 22.9 Å². The smallest absolute Gasteiger partial charge is 0.206 e. The Kier molecular flexibility index (Phi) is 2.63. The van der Waals surface area contributed by atoms with Crippen LogP contribution in [0.3, 0.4) is 0 Å². The molecule has 2 aliphatic rings. The third-order valence-electron chi connectivity index (χ3n) is 1.71. The van der Waals surface area contributed by atoms with Crippen molar-refractivity contribution in [2.24, 2.45) is 0 Å². The molecule has 0 aromatic rings. The number of hydrogen-bond acceptors (Lipinski definition) is 4. The summed E-state index contributed by atoms with van der Waals surface area (Å²) < 4.78 is 21.6. The molecule has 0 radical (unpaired) electrons. The predicted octanol–water partition coefficient (Wildman–Crippen LogP) is 0.181. The highest BCUT2D eigenvalue weighted by atomic mass is 32.2. The summed E-state index contributed by atoms with van der Waals surface area (Å²) in [5.41, 5.74) is 0.140. The van der Waals surface area contributed by atoms with Gasteiger partial charge in [0.15, 0.2) is 0 Å². The molecule has 0 amide bonds. The van der Waals surface area contributed by atoms with E-state index in [0.29, 0.717) is 11.7 Å². The van der Waals surface area contributed by atoms with Gasteiger partial charge in [-0.1, -0.05) is 0 Å². The van der Waals surface area contributed by atoms with Gasteiger partial charge in [-0.3, -0.25) is 0 Å². The Morgan fingerprint density at radius 3 is 2.91 bits per heavy atom. The summed E-state index contributed by atoms with van der Waals surface area (Å²) in [7, 11) is 0. The van der Waals surface area contributed by atoms with Gasteiger partial charge in [0.1, 0.15) is 17.3 Å². The summed E-state index contributed by atoms with van der Waals surface area (Å²) in [6.07, 6.45) is 0.0725. The molecular weight excluding hydrogens is 184 g/mol. The van der Waals surface area contributed by atoms with Crippen LogP contribution in [-0.2, 0) is 20.6 Å². The molecule has 0 N–H and O–H groups in total. The van der Waals surface area contributed by atoms with Gasteiger partial charge in [0.05, 0.1) is 6.61 Å². The molecule has 5 heteroatoms. The zero-order chi connectivity index (χ0) is 7.68. The van der Waals surface area contributed by atoms with Crippen LogP contribution in [0.5, 0.6) is 0 Å². The summed E-state index contributed by atoms with van der Waals surface area (Å²) in [4.78, 5) is 0. The summed E-state index contributed by atoms with van der Waals surface area (Å²) >= 11 is 0.996. The maximum atomic E-state index is 10.9. The second kappa shape index (κ2) is 3.53. The minimum Gasteiger partial charge on any atom is -0.614 e. The lowest BCUT2D eigenvalue weighted by Gasteiger charge is -2.12. The minimum atomic E-state index is -0.764. The standard InChI is InChI=1S/C6H10O3S2/c7-11-3-5(9-4-11)6-8-1-2-10-6/h5-6H,1-4H2. The maximum Gasteiger partial charge on any atom is 0.206 e. The third-order valence-corrected chi connectivity index (χ3v) is 3.98. The molecule has 0 aliphatic carbocycles. The fourth-order valence-electron chi connectivity index (χ4n) is 1.19. The molecule has 2 heterocycles. The molecule has 3 atom stereocenters. The minimum absolute atomic E-state index is 0.0725. The SMILES string of the molecule is [O-][S+]1COC(C2OCCS2)C1. The van der Waals surface area contributed by atoms with Crippen molar-refractivity contribution in [3.63, 3.8) is 0 Å². The lowest BCUT2D eigenvalue weighted by atomic mass is 10.4. The van der Waals surface area contributed by atoms with Crippen LogP contribution in [0.15, 0.2) is 0 Å². The van der Waals surface area contributed by atoms with Gasteiger partial charge in [-0.15, -0.1) is 11.8 Å². The maximum absolute atomic E-state index is 10.9. The summed E-state index contributed by atoms with van der Waals surface area (Å²) in [6, 6.07) is 0. The molecule has 2 saturated heterocycles. The second-order valence-corrected chi connectivity index (χ2v) is 5.19. The lowest BCUT2D eigenvalue weighted by Crippen LogP contribution is -2.25. The van der Waals surface area contributed by atoms with Gasteiger partial charge in [0.2, 0.25) is 5.94 Å². The topological polar surface area (TPSA) is 41.5 Å². The molecule has 64 valence electrons. The molecule has 0 aromatic heterocycles. The number of thioether (sulfide) groups is 1. The van der Waals surface area contributed by atoms with Gasteiger partial charge in [-0.2, -0.15) is 0 Å². The molecule has 2 aliphatic heterocycles. The molecule has 2 fully saturated rings. The number of rotatable bonds is 1. The van der Waals surface area contributed by atoms with Crippen molar-refractivity contribution in [1.82, 2.24) is 0 Å². The molecule has 2 rings (SSSR count). The van der Waals surface area contributed by atoms with Crippen LogP contribution in [0.4, 0.5) is 0 Å². The number of ether oxygens (including phenoxy) is 2. The van der Waals surface area contributed by atoms with Gasteiger partial charge in [-0.25, -0.2) is 0 Å². The molecule has 0 aromatic carbocycles. The van der Waals surface area contributed by atoms with Gasteiger partial charge >= 0.3 is 0 Å². The Bertz CT molecular complexity index is 138. The normalized spacial score (nSPS) is 45.0. The van der Waals surface area contributed by atoms with E-state index in [9.17, 15) is 4.55 Å². The van der Waals surface area contributed by atoms with E-state index in [4.69, 9.17) is 9.47 Å². The summed E-state index contributed by atoms with van der Waals surface area (Å²) in [6.45, 7) is 0.807. The Hall–Kier alpha value is 0.580. The first kappa shape index (κ1) is 8.19. The molecule has 3 nitrogen and oxygen atoms in total. The van der Waals surface area contributed by atoms with Crippen LogP contribution in [0.25, 0.3) is 0 Å². The predicted molar refractivity (Wildman–Crippen MR) is 44.9 cm³/mol. The van der Waals surface area contributed by atoms with E-state index in [-0.39, 0.29) is 11.5 Å². The van der Waals surface area contributed by atoms with E-state index >= 15 is 0 Å². The first-order chi connectivity index (χ1) is 5.36. The van der Waals surface area contributed by atoms with Gasteiger partial charge in [-0.05, 0) is 11.2 Å². The Morgan fingerprint density at radius 1 is 1.45 bits per heavy atom. The monoisotopic (exact) mass is 194 g/mol. The highest BCUT2D eigenvalue weighted by molar-refractivity contribution is 8.00. The zero-order valence-corrected chi connectivity index (χ0v) is 7.66. The van der Waals surface area contributed by atoms with E-state index in [1.807, 2.05) is 0 Å². The quantitative estimate of drug-likeness (QED) is 0.558. The van der Waals surface area contributed by atoms with Gasteiger partial charge in [0.25, 0.3) is 0 Å². The molecule has 0 bridgehead atoms. The summed E-state index contributed by atoms with van der Waals surface area (Å²) in [5.74, 6) is 2.08. The lowest BCUT2D eigenvalue weighted by molar-refractivity contribution is 0.0175. The first-order valence-corrected chi connectivity index (χ1v) is 6.10. The second-order valence-electron chi connectivity index (χ2n) is 2.54. The zero-order valence-electron chi connectivity index (χ0n) is 6.02. The first-order valence-electron chi connectivity index (χ1n) is 3.56. The van der Waals surface area contributed by atoms with Crippen LogP contribution in [0.1, 0.15) is 0 Å². The van der Waals surface area contributed by atoms with Crippen LogP contribution in [0.2, 0.25) is 0 Å². The Labute approximate surface area is 73.0 Å². The van der Waals surface area contributed by atoms with E-state index in [1.54, 1.807) is 11.8 Å². The van der Waals surface area contributed by atoms with Crippen molar-refractivity contribution in [3.8, 4) is 0 Å². The molecule has 11 heavy (non-hydrogen) atoms. The Balaban J connectivity index is 1.85. The fraction of sp³-hybridized carbons (Fsp3) is 1.00. The van der Waals surface area contributed by atoms with Crippen LogP contribution >= 0.6 is 11.8 Å². The highest BCUT2D eigenvalue weighted by Crippen LogP contribution is 2.28. The van der Waals surface area contributed by atoms with Gasteiger partial charge in [0, 0.05) is 5.75 Å². The van der Waals surface area contributed by atoms with E-state index in [0.717, 1.165) is 12.4 Å². The molecule has 3 unspecified atom stereocenters. The van der Waals surface area contributed by atoms with Crippen molar-refractivity contribution in [2.75, 3.05) is 24.1 Å². The molecule has 0 saturated carbocycles. The van der Waals surface area contributed by atoms with E-state index < -0.39 is 11.2 Å². The molecular formula is C6H10O3S2. The highest BCUT2D eigenvalue weighted by Gasteiger charge is 2.36. The Morgan fingerprint density at radius 2 is 2.36 bits per heavy atom. The fourth-order valence-corrected chi connectivity index (χ4v) is 3.38.